The Hall–Kier alpha value is -2.95. The maximum Gasteiger partial charge on any atom is 0.145 e. The lowest BCUT2D eigenvalue weighted by molar-refractivity contribution is -0.194. The summed E-state index contributed by atoms with van der Waals surface area (Å²) in [6.07, 6.45) is 22.5. The van der Waals surface area contributed by atoms with Crippen LogP contribution in [0.2, 0.25) is 0 Å². The van der Waals surface area contributed by atoms with Crippen LogP contribution in [-0.4, -0.2) is 82.6 Å². The molecule has 4 aliphatic carbocycles. The molecule has 3 fully saturated rings. The summed E-state index contributed by atoms with van der Waals surface area (Å²) in [5.74, 6) is -0.332. The third kappa shape index (κ3) is 9.13. The van der Waals surface area contributed by atoms with E-state index in [1.54, 1.807) is 0 Å². The first-order valence-corrected chi connectivity index (χ1v) is 21.9. The predicted molar refractivity (Wildman–Crippen MR) is 228 cm³/mol. The molecule has 0 amide bonds. The number of fused-ring (bicyclic) bond motifs is 5. The molecule has 1 aromatic rings. The highest BCUT2D eigenvalue weighted by atomic mass is 16.3. The average Bonchev–Trinajstić information content (AvgIpc) is 3.56. The monoisotopic (exact) mass is 783 g/mol. The zero-order valence-electron chi connectivity index (χ0n) is 34.7. The van der Waals surface area contributed by atoms with Crippen molar-refractivity contribution in [3.05, 3.63) is 106 Å². The molecule has 4 bridgehead atoms. The lowest BCUT2D eigenvalue weighted by Gasteiger charge is -2.61. The van der Waals surface area contributed by atoms with Crippen molar-refractivity contribution in [1.29, 1.82) is 0 Å². The van der Waals surface area contributed by atoms with Gasteiger partial charge in [0.1, 0.15) is 12.5 Å². The molecular weight excluding hydrogens is 713 g/mol. The Kier molecular flexibility index (Phi) is 14.9. The number of carbonyl (C=O) groups excluding carboxylic acids is 1. The molecule has 1 aromatic carbocycles. The lowest BCUT2D eigenvalue weighted by atomic mass is 9.45. The quantitative estimate of drug-likeness (QED) is 0.0556. The normalized spacial score (nSPS) is 36.1. The molecule has 0 aromatic heterocycles. The van der Waals surface area contributed by atoms with E-state index in [1.807, 2.05) is 39.1 Å². The van der Waals surface area contributed by atoms with Crippen molar-refractivity contribution in [3.8, 4) is 0 Å². The number of aliphatic hydroxyl groups is 5. The number of hydrogen-bond donors (Lipinski definition) is 7. The second kappa shape index (κ2) is 19.4. The molecule has 3 saturated carbocycles. The van der Waals surface area contributed by atoms with Gasteiger partial charge in [0.15, 0.2) is 0 Å². The Balaban J connectivity index is 1.26. The number of aldehydes is 1. The molecule has 1 heterocycles. The number of hydrogen-bond acceptors (Lipinski definition) is 8. The van der Waals surface area contributed by atoms with Crippen molar-refractivity contribution in [3.63, 3.8) is 0 Å². The second-order valence-corrected chi connectivity index (χ2v) is 18.1. The minimum atomic E-state index is -1.23. The molecule has 8 heteroatoms. The van der Waals surface area contributed by atoms with Crippen LogP contribution in [0.15, 0.2) is 95.2 Å². The first kappa shape index (κ1) is 43.6. The summed E-state index contributed by atoms with van der Waals surface area (Å²) in [4.78, 5) is 12.3. The molecule has 1 spiro atoms. The van der Waals surface area contributed by atoms with E-state index in [9.17, 15) is 30.3 Å². The highest BCUT2D eigenvalue weighted by Crippen LogP contribution is 2.67. The fourth-order valence-electron chi connectivity index (χ4n) is 11.8. The van der Waals surface area contributed by atoms with E-state index in [0.717, 1.165) is 42.3 Å². The fraction of sp³-hybridized carbons (Fsp3) is 0.612. The van der Waals surface area contributed by atoms with E-state index in [0.29, 0.717) is 55.7 Å². The number of allylic oxidation sites excluding steroid dienone is 9. The zero-order valence-corrected chi connectivity index (χ0v) is 34.7. The molecule has 6 rings (SSSR count). The van der Waals surface area contributed by atoms with Crippen molar-refractivity contribution in [1.82, 2.24) is 10.6 Å². The first-order chi connectivity index (χ1) is 27.5. The first-order valence-electron chi connectivity index (χ1n) is 21.9. The van der Waals surface area contributed by atoms with Gasteiger partial charge in [0.05, 0.1) is 18.3 Å². The zero-order chi connectivity index (χ0) is 40.7. The Bertz CT molecular complexity index is 1720. The average molecular weight is 783 g/mol. The summed E-state index contributed by atoms with van der Waals surface area (Å²) in [6.45, 7) is 8.65. The van der Waals surface area contributed by atoms with Gasteiger partial charge in [0.25, 0.3) is 0 Å². The van der Waals surface area contributed by atoms with Gasteiger partial charge in [0.2, 0.25) is 0 Å². The third-order valence-electron chi connectivity index (χ3n) is 14.9. The van der Waals surface area contributed by atoms with Crippen molar-refractivity contribution in [2.24, 2.45) is 40.9 Å². The molecule has 5 aliphatic rings. The van der Waals surface area contributed by atoms with E-state index in [1.165, 1.54) is 43.2 Å². The van der Waals surface area contributed by atoms with Gasteiger partial charge in [-0.15, -0.1) is 0 Å². The maximum atomic E-state index is 12.8. The number of nitrogens with one attached hydrogen (secondary N) is 2. The standard InChI is InChI=1S/C49H70N2O6/c1-32(39-17-16-33(2)47(56)51-43(37-13-6-5-7-14-37)28-36-12-9-11-35(26-36)27-39)10-8-15-41(31-54)42-20-22-49(46(42)55)45-38(21-25-52)18-19-40(44(45)34(3)30-53)29-48(49,57)23-24-50-4/h8-12,15-16,18-19,26,30,37-40,42-43,45-47,50-52,54-57H,1,5-7,13-14,17,20-25,27-29,31H2,2-4H3. The van der Waals surface area contributed by atoms with E-state index >= 15 is 0 Å². The topological polar surface area (TPSA) is 142 Å². The van der Waals surface area contributed by atoms with Crippen LogP contribution in [0.5, 0.6) is 0 Å². The number of carbonyl (C=O) groups is 1. The van der Waals surface area contributed by atoms with Gasteiger partial charge < -0.3 is 30.8 Å². The second-order valence-electron chi connectivity index (χ2n) is 18.1. The van der Waals surface area contributed by atoms with Crippen LogP contribution in [0.1, 0.15) is 95.6 Å². The van der Waals surface area contributed by atoms with Crippen molar-refractivity contribution < 1.29 is 30.3 Å². The smallest absolute Gasteiger partial charge is 0.145 e. The van der Waals surface area contributed by atoms with Gasteiger partial charge in [-0.05, 0) is 143 Å². The highest BCUT2D eigenvalue weighted by molar-refractivity contribution is 5.74. The molecular formula is C49H70N2O6. The summed E-state index contributed by atoms with van der Waals surface area (Å²) < 4.78 is 0. The molecule has 0 saturated heterocycles. The largest absolute Gasteiger partial charge is 0.396 e. The molecule has 1 aliphatic heterocycles. The Labute approximate surface area is 341 Å². The summed E-state index contributed by atoms with van der Waals surface area (Å²) in [6, 6.07) is 9.11. The molecule has 10 unspecified atom stereocenters. The van der Waals surface area contributed by atoms with Crippen LogP contribution in [-0.2, 0) is 17.6 Å². The van der Waals surface area contributed by atoms with Gasteiger partial charge in [-0.25, -0.2) is 0 Å². The minimum Gasteiger partial charge on any atom is -0.396 e. The van der Waals surface area contributed by atoms with Crippen LogP contribution in [0.4, 0.5) is 0 Å². The molecule has 0 radical (unpaired) electrons. The summed E-state index contributed by atoms with van der Waals surface area (Å²) >= 11 is 0. The van der Waals surface area contributed by atoms with Gasteiger partial charge in [-0.2, -0.15) is 0 Å². The van der Waals surface area contributed by atoms with Crippen molar-refractivity contribution in [2.75, 3.05) is 26.8 Å². The van der Waals surface area contributed by atoms with Gasteiger partial charge in [-0.3, -0.25) is 10.1 Å². The Morgan fingerprint density at radius 3 is 2.53 bits per heavy atom. The van der Waals surface area contributed by atoms with Crippen LogP contribution >= 0.6 is 0 Å². The van der Waals surface area contributed by atoms with E-state index in [2.05, 4.69) is 59.7 Å². The van der Waals surface area contributed by atoms with Crippen LogP contribution in [0, 0.1) is 40.9 Å². The van der Waals surface area contributed by atoms with Crippen molar-refractivity contribution >= 4 is 6.29 Å². The highest BCUT2D eigenvalue weighted by Gasteiger charge is 2.68. The molecule has 7 N–H and O–H groups in total. The summed E-state index contributed by atoms with van der Waals surface area (Å²) in [5.41, 5.74) is 4.54. The molecule has 57 heavy (non-hydrogen) atoms. The predicted octanol–water partition coefficient (Wildman–Crippen LogP) is 6.44. The third-order valence-corrected chi connectivity index (χ3v) is 14.9. The summed E-state index contributed by atoms with van der Waals surface area (Å²) in [5, 5.41) is 64.5. The van der Waals surface area contributed by atoms with E-state index in [4.69, 9.17) is 0 Å². The van der Waals surface area contributed by atoms with Crippen molar-refractivity contribution in [2.45, 2.75) is 121 Å². The van der Waals surface area contributed by atoms with Gasteiger partial charge >= 0.3 is 0 Å². The molecule has 8 nitrogen and oxygen atoms in total. The van der Waals surface area contributed by atoms with E-state index < -0.39 is 29.3 Å². The number of benzene rings is 1. The van der Waals surface area contributed by atoms with Crippen LogP contribution in [0.25, 0.3) is 0 Å². The maximum absolute atomic E-state index is 12.8. The van der Waals surface area contributed by atoms with Crippen LogP contribution < -0.4 is 10.6 Å². The lowest BCUT2D eigenvalue weighted by Crippen LogP contribution is -2.65. The van der Waals surface area contributed by atoms with E-state index in [-0.39, 0.29) is 42.9 Å². The minimum absolute atomic E-state index is 0.0369. The Morgan fingerprint density at radius 1 is 1.07 bits per heavy atom. The SMILES string of the molecule is C=C(C=CC=C(CO)C1CCC2(C1O)C1C(=C(C)C=O)C(C=CC1CCO)CC2(O)CCNC)C1CC=C(C)C(O)NC(C2CCCCC2)Cc2cccc(c2)C1. The Morgan fingerprint density at radius 2 is 1.82 bits per heavy atom. The molecule has 10 atom stereocenters. The van der Waals surface area contributed by atoms with Gasteiger partial charge in [-0.1, -0.05) is 97.7 Å². The fourth-order valence-corrected chi connectivity index (χ4v) is 11.8. The van der Waals surface area contributed by atoms with Crippen LogP contribution in [0.3, 0.4) is 0 Å². The summed E-state index contributed by atoms with van der Waals surface area (Å²) in [7, 11) is 1.86. The number of aliphatic hydroxyl groups excluding tert-OH is 4. The number of rotatable bonds is 12. The molecule has 312 valence electrons. The van der Waals surface area contributed by atoms with Gasteiger partial charge in [0, 0.05) is 29.9 Å².